The molecule has 0 saturated heterocycles. The van der Waals surface area contributed by atoms with Gasteiger partial charge in [0.05, 0.1) is 0 Å². The Morgan fingerprint density at radius 3 is 2.30 bits per heavy atom. The molecule has 1 amide bonds. The van der Waals surface area contributed by atoms with Gasteiger partial charge < -0.3 is 10.0 Å². The van der Waals surface area contributed by atoms with E-state index in [9.17, 15) is 14.7 Å². The lowest BCUT2D eigenvalue weighted by Gasteiger charge is -2.26. The number of carboxylic acids is 1. The van der Waals surface area contributed by atoms with Gasteiger partial charge in [-0.05, 0) is 36.6 Å². The van der Waals surface area contributed by atoms with Crippen LogP contribution in [0.5, 0.6) is 0 Å². The maximum absolute atomic E-state index is 12.7. The number of likely N-dealkylation sites (N-methyl/N-ethyl adjacent to an activating group) is 1. The smallest absolute Gasteiger partial charge is 0.326 e. The van der Waals surface area contributed by atoms with Gasteiger partial charge in [-0.2, -0.15) is 0 Å². The van der Waals surface area contributed by atoms with Crippen LogP contribution >= 0.6 is 0 Å². The van der Waals surface area contributed by atoms with E-state index in [1.54, 1.807) is 13.1 Å². The molecule has 0 aliphatic heterocycles. The van der Waals surface area contributed by atoms with Crippen molar-refractivity contribution < 1.29 is 14.7 Å². The fraction of sp³-hybridized carbons (Fsp3) is 0.263. The second-order valence-electron chi connectivity index (χ2n) is 5.71. The predicted octanol–water partition coefficient (Wildman–Crippen LogP) is 3.07. The largest absolute Gasteiger partial charge is 0.480 e. The number of carbonyl (C=O) groups is 2. The molecule has 0 spiro atoms. The normalized spacial score (nSPS) is 11.8. The van der Waals surface area contributed by atoms with Crippen LogP contribution in [-0.4, -0.2) is 35.0 Å². The van der Waals surface area contributed by atoms with Crippen LogP contribution in [0.4, 0.5) is 0 Å². The molecule has 0 heterocycles. The molecular weight excluding hydrogens is 290 g/mol. The number of carbonyl (C=O) groups excluding carboxylic acids is 1. The maximum Gasteiger partial charge on any atom is 0.326 e. The van der Waals surface area contributed by atoms with Gasteiger partial charge in [0, 0.05) is 19.0 Å². The first-order valence-electron chi connectivity index (χ1n) is 7.52. The van der Waals surface area contributed by atoms with Crippen molar-refractivity contribution in [2.75, 3.05) is 7.05 Å². The summed E-state index contributed by atoms with van der Waals surface area (Å²) in [7, 11) is 1.55. The summed E-state index contributed by atoms with van der Waals surface area (Å²) in [5, 5.41) is 9.53. The van der Waals surface area contributed by atoms with Crippen molar-refractivity contribution in [1.29, 1.82) is 0 Å². The molecule has 1 unspecified atom stereocenters. The number of benzene rings is 2. The highest BCUT2D eigenvalue weighted by Crippen LogP contribution is 2.17. The molecular formula is C19H21NO3. The summed E-state index contributed by atoms with van der Waals surface area (Å²) in [6, 6.07) is 13.9. The molecule has 2 aromatic rings. The summed E-state index contributed by atoms with van der Waals surface area (Å²) in [5.74, 6) is -1.27. The zero-order valence-electron chi connectivity index (χ0n) is 13.6. The van der Waals surface area contributed by atoms with Gasteiger partial charge in [0.25, 0.3) is 5.91 Å². The zero-order valence-corrected chi connectivity index (χ0v) is 13.6. The molecule has 0 radical (unpaired) electrons. The Kier molecular flexibility index (Phi) is 5.16. The van der Waals surface area contributed by atoms with E-state index in [0.717, 1.165) is 16.7 Å². The van der Waals surface area contributed by atoms with Gasteiger partial charge in [0.1, 0.15) is 6.04 Å². The van der Waals surface area contributed by atoms with Crippen molar-refractivity contribution in [3.05, 3.63) is 70.8 Å². The highest BCUT2D eigenvalue weighted by Gasteiger charge is 2.28. The lowest BCUT2D eigenvalue weighted by atomic mass is 10.0. The van der Waals surface area contributed by atoms with E-state index in [1.165, 1.54) is 4.90 Å². The van der Waals surface area contributed by atoms with Gasteiger partial charge in [-0.25, -0.2) is 4.79 Å². The average molecular weight is 311 g/mol. The van der Waals surface area contributed by atoms with Crippen molar-refractivity contribution in [2.24, 2.45) is 0 Å². The first-order chi connectivity index (χ1) is 10.9. The highest BCUT2D eigenvalue weighted by molar-refractivity contribution is 5.98. The van der Waals surface area contributed by atoms with Crippen LogP contribution in [0.1, 0.15) is 27.0 Å². The molecule has 0 saturated carbocycles. The Labute approximate surface area is 136 Å². The molecule has 4 nitrogen and oxygen atoms in total. The summed E-state index contributed by atoms with van der Waals surface area (Å²) < 4.78 is 0. The minimum absolute atomic E-state index is 0.269. The highest BCUT2D eigenvalue weighted by atomic mass is 16.4. The predicted molar refractivity (Wildman–Crippen MR) is 89.6 cm³/mol. The van der Waals surface area contributed by atoms with Gasteiger partial charge >= 0.3 is 5.97 Å². The molecule has 1 N–H and O–H groups in total. The Morgan fingerprint density at radius 1 is 1.04 bits per heavy atom. The van der Waals surface area contributed by atoms with Crippen LogP contribution in [0.3, 0.4) is 0 Å². The molecule has 0 fully saturated rings. The van der Waals surface area contributed by atoms with E-state index in [1.807, 2.05) is 56.3 Å². The number of hydrogen-bond donors (Lipinski definition) is 1. The summed E-state index contributed by atoms with van der Waals surface area (Å²) >= 11 is 0. The quantitative estimate of drug-likeness (QED) is 0.923. The van der Waals surface area contributed by atoms with Crippen molar-refractivity contribution >= 4 is 11.9 Å². The molecule has 0 aliphatic carbocycles. The molecule has 0 bridgehead atoms. The van der Waals surface area contributed by atoms with Crippen LogP contribution in [0.15, 0.2) is 48.5 Å². The molecule has 2 rings (SSSR count). The van der Waals surface area contributed by atoms with Crippen LogP contribution in [0.2, 0.25) is 0 Å². The van der Waals surface area contributed by atoms with Crippen molar-refractivity contribution in [3.63, 3.8) is 0 Å². The van der Waals surface area contributed by atoms with Gasteiger partial charge in [-0.1, -0.05) is 42.5 Å². The van der Waals surface area contributed by atoms with Crippen molar-refractivity contribution in [3.8, 4) is 0 Å². The number of carboxylic acid groups (broad SMARTS) is 1. The van der Waals surface area contributed by atoms with Crippen LogP contribution < -0.4 is 0 Å². The number of aliphatic carboxylic acids is 1. The third-order valence-corrected chi connectivity index (χ3v) is 4.18. The number of nitrogens with zero attached hydrogens (tertiary/aromatic N) is 1. The van der Waals surface area contributed by atoms with E-state index >= 15 is 0 Å². The third-order valence-electron chi connectivity index (χ3n) is 4.18. The number of hydrogen-bond acceptors (Lipinski definition) is 2. The number of aryl methyl sites for hydroxylation is 1. The van der Waals surface area contributed by atoms with Gasteiger partial charge in [-0.15, -0.1) is 0 Å². The average Bonchev–Trinajstić information content (AvgIpc) is 2.54. The SMILES string of the molecule is Cc1cccc(C(=O)N(C)C(Cc2ccccc2)C(=O)O)c1C. The number of amides is 1. The minimum Gasteiger partial charge on any atom is -0.480 e. The first kappa shape index (κ1) is 16.7. The first-order valence-corrected chi connectivity index (χ1v) is 7.52. The molecule has 120 valence electrons. The summed E-state index contributed by atoms with van der Waals surface area (Å²) in [6.07, 6.45) is 0.281. The molecule has 2 aromatic carbocycles. The van der Waals surface area contributed by atoms with E-state index in [0.29, 0.717) is 5.56 Å². The molecule has 23 heavy (non-hydrogen) atoms. The van der Waals surface area contributed by atoms with Crippen molar-refractivity contribution in [2.45, 2.75) is 26.3 Å². The topological polar surface area (TPSA) is 57.6 Å². The zero-order chi connectivity index (χ0) is 17.0. The Balaban J connectivity index is 2.27. The Hall–Kier alpha value is -2.62. The lowest BCUT2D eigenvalue weighted by molar-refractivity contribution is -0.141. The second-order valence-corrected chi connectivity index (χ2v) is 5.71. The maximum atomic E-state index is 12.7. The van der Waals surface area contributed by atoms with E-state index < -0.39 is 12.0 Å². The van der Waals surface area contributed by atoms with Gasteiger partial charge in [-0.3, -0.25) is 4.79 Å². The molecule has 1 atom stereocenters. The van der Waals surface area contributed by atoms with Gasteiger partial charge in [0.15, 0.2) is 0 Å². The Bertz CT molecular complexity index is 710. The monoisotopic (exact) mass is 311 g/mol. The molecule has 4 heteroatoms. The summed E-state index contributed by atoms with van der Waals surface area (Å²) in [6.45, 7) is 3.81. The second kappa shape index (κ2) is 7.09. The summed E-state index contributed by atoms with van der Waals surface area (Å²) in [4.78, 5) is 25.7. The van der Waals surface area contributed by atoms with Crippen LogP contribution in [-0.2, 0) is 11.2 Å². The van der Waals surface area contributed by atoms with Crippen molar-refractivity contribution in [1.82, 2.24) is 4.90 Å². The fourth-order valence-corrected chi connectivity index (χ4v) is 2.54. The summed E-state index contributed by atoms with van der Waals surface area (Å²) in [5.41, 5.74) is 3.33. The Morgan fingerprint density at radius 2 is 1.70 bits per heavy atom. The lowest BCUT2D eigenvalue weighted by Crippen LogP contribution is -2.44. The van der Waals surface area contributed by atoms with Gasteiger partial charge in [0.2, 0.25) is 0 Å². The van der Waals surface area contributed by atoms with E-state index in [2.05, 4.69) is 0 Å². The van der Waals surface area contributed by atoms with Crippen LogP contribution in [0.25, 0.3) is 0 Å². The minimum atomic E-state index is -1.00. The molecule has 0 aromatic heterocycles. The third kappa shape index (κ3) is 3.77. The molecule has 0 aliphatic rings. The van der Waals surface area contributed by atoms with E-state index in [4.69, 9.17) is 0 Å². The standard InChI is InChI=1S/C19H21NO3/c1-13-8-7-11-16(14(13)2)18(21)20(3)17(19(22)23)12-15-9-5-4-6-10-15/h4-11,17H,12H2,1-3H3,(H,22,23). The van der Waals surface area contributed by atoms with Crippen LogP contribution in [0, 0.1) is 13.8 Å². The van der Waals surface area contributed by atoms with E-state index in [-0.39, 0.29) is 12.3 Å². The number of rotatable bonds is 5. The fourth-order valence-electron chi connectivity index (χ4n) is 2.54.